The van der Waals surface area contributed by atoms with Gasteiger partial charge in [-0.05, 0) is 0 Å². The standard InChI is InChI=1S/C5H8FNO2.BrH/c6-3-1-4(5(8)9)7-2-3;/h3-4,7H,1-2H2,(H,8,9);1H/t3?,4-;/m0./s1. The third kappa shape index (κ3) is 2.22. The first kappa shape index (κ1) is 9.84. The lowest BCUT2D eigenvalue weighted by molar-refractivity contribution is -0.139. The Labute approximate surface area is 68.4 Å². The van der Waals surface area contributed by atoms with Crippen molar-refractivity contribution in [3.8, 4) is 0 Å². The first-order chi connectivity index (χ1) is 4.20. The second-order valence-corrected chi connectivity index (χ2v) is 2.13. The van der Waals surface area contributed by atoms with Crippen LogP contribution in [0.2, 0.25) is 0 Å². The van der Waals surface area contributed by atoms with Crippen LogP contribution in [0.3, 0.4) is 0 Å². The van der Waals surface area contributed by atoms with Gasteiger partial charge in [-0.3, -0.25) is 4.79 Å². The Morgan fingerprint density at radius 3 is 2.50 bits per heavy atom. The van der Waals surface area contributed by atoms with Crippen LogP contribution in [-0.2, 0) is 4.79 Å². The molecule has 10 heavy (non-hydrogen) atoms. The molecule has 2 atom stereocenters. The van der Waals surface area contributed by atoms with Crippen molar-refractivity contribution in [1.29, 1.82) is 0 Å². The van der Waals surface area contributed by atoms with E-state index in [9.17, 15) is 9.18 Å². The summed E-state index contributed by atoms with van der Waals surface area (Å²) in [6, 6.07) is -0.667. The van der Waals surface area contributed by atoms with Gasteiger partial charge in [0, 0.05) is 13.0 Å². The first-order valence-electron chi connectivity index (χ1n) is 2.80. The molecular weight excluding hydrogens is 205 g/mol. The Morgan fingerprint density at radius 2 is 2.30 bits per heavy atom. The number of carbonyl (C=O) groups is 1. The fraction of sp³-hybridized carbons (Fsp3) is 0.800. The summed E-state index contributed by atoms with van der Waals surface area (Å²) < 4.78 is 12.2. The summed E-state index contributed by atoms with van der Waals surface area (Å²) in [5, 5.41) is 10.8. The molecule has 1 fully saturated rings. The number of halogens is 2. The topological polar surface area (TPSA) is 49.3 Å². The summed E-state index contributed by atoms with van der Waals surface area (Å²) in [6.45, 7) is 0.178. The summed E-state index contributed by atoms with van der Waals surface area (Å²) in [5.41, 5.74) is 0. The zero-order valence-corrected chi connectivity index (χ0v) is 6.92. The molecule has 0 aromatic carbocycles. The van der Waals surface area contributed by atoms with Crippen molar-refractivity contribution in [3.63, 3.8) is 0 Å². The molecule has 2 N–H and O–H groups in total. The molecule has 3 nitrogen and oxygen atoms in total. The van der Waals surface area contributed by atoms with Gasteiger partial charge in [0.25, 0.3) is 0 Å². The van der Waals surface area contributed by atoms with Gasteiger partial charge < -0.3 is 10.4 Å². The molecular formula is C5H9BrFNO2. The van der Waals surface area contributed by atoms with E-state index in [0.717, 1.165) is 0 Å². The van der Waals surface area contributed by atoms with Gasteiger partial charge in [0.1, 0.15) is 12.2 Å². The van der Waals surface area contributed by atoms with Crippen LogP contribution < -0.4 is 5.32 Å². The number of hydrogen-bond donors (Lipinski definition) is 2. The van der Waals surface area contributed by atoms with Gasteiger partial charge in [0.2, 0.25) is 0 Å². The van der Waals surface area contributed by atoms with Crippen molar-refractivity contribution < 1.29 is 14.3 Å². The van der Waals surface area contributed by atoms with Crippen molar-refractivity contribution in [2.45, 2.75) is 18.6 Å². The third-order valence-electron chi connectivity index (χ3n) is 1.38. The van der Waals surface area contributed by atoms with E-state index in [1.54, 1.807) is 0 Å². The quantitative estimate of drug-likeness (QED) is 0.662. The van der Waals surface area contributed by atoms with Crippen LogP contribution in [0.5, 0.6) is 0 Å². The maximum absolute atomic E-state index is 12.2. The van der Waals surface area contributed by atoms with E-state index in [2.05, 4.69) is 5.32 Å². The predicted molar refractivity (Wildman–Crippen MR) is 39.3 cm³/mol. The highest BCUT2D eigenvalue weighted by Gasteiger charge is 2.28. The van der Waals surface area contributed by atoms with E-state index in [1.165, 1.54) is 0 Å². The normalized spacial score (nSPS) is 31.3. The Morgan fingerprint density at radius 1 is 1.70 bits per heavy atom. The zero-order valence-electron chi connectivity index (χ0n) is 5.21. The monoisotopic (exact) mass is 213 g/mol. The van der Waals surface area contributed by atoms with Gasteiger partial charge in [-0.15, -0.1) is 17.0 Å². The molecule has 60 valence electrons. The lowest BCUT2D eigenvalue weighted by Crippen LogP contribution is -2.29. The minimum Gasteiger partial charge on any atom is -0.480 e. The Kier molecular flexibility index (Phi) is 3.81. The molecule has 0 aromatic heterocycles. The van der Waals surface area contributed by atoms with Crippen molar-refractivity contribution in [3.05, 3.63) is 0 Å². The van der Waals surface area contributed by atoms with E-state index >= 15 is 0 Å². The smallest absolute Gasteiger partial charge is 0.320 e. The number of carboxylic acid groups (broad SMARTS) is 1. The summed E-state index contributed by atoms with van der Waals surface area (Å²) in [6.07, 6.45) is -0.874. The molecule has 1 unspecified atom stereocenters. The second-order valence-electron chi connectivity index (χ2n) is 2.13. The highest BCUT2D eigenvalue weighted by atomic mass is 79.9. The molecule has 0 radical (unpaired) electrons. The van der Waals surface area contributed by atoms with Crippen molar-refractivity contribution >= 4 is 23.0 Å². The Bertz CT molecular complexity index is 133. The van der Waals surface area contributed by atoms with Gasteiger partial charge in [-0.1, -0.05) is 0 Å². The third-order valence-corrected chi connectivity index (χ3v) is 1.38. The van der Waals surface area contributed by atoms with Crippen LogP contribution in [0.1, 0.15) is 6.42 Å². The fourth-order valence-electron chi connectivity index (χ4n) is 0.881. The van der Waals surface area contributed by atoms with E-state index in [-0.39, 0.29) is 29.9 Å². The molecule has 0 bridgehead atoms. The molecule has 1 aliphatic rings. The van der Waals surface area contributed by atoms with Crippen molar-refractivity contribution in [2.75, 3.05) is 6.54 Å². The van der Waals surface area contributed by atoms with E-state index in [0.29, 0.717) is 0 Å². The van der Waals surface area contributed by atoms with Gasteiger partial charge in [0.05, 0.1) is 0 Å². The average molecular weight is 214 g/mol. The van der Waals surface area contributed by atoms with Crippen LogP contribution in [0, 0.1) is 0 Å². The summed E-state index contributed by atoms with van der Waals surface area (Å²) in [7, 11) is 0. The molecule has 0 spiro atoms. The Balaban J connectivity index is 0.000000810. The number of alkyl halides is 1. The Hall–Kier alpha value is -0.160. The lowest BCUT2D eigenvalue weighted by atomic mass is 10.2. The molecule has 1 heterocycles. The summed E-state index contributed by atoms with van der Waals surface area (Å²) in [4.78, 5) is 10.1. The maximum atomic E-state index is 12.2. The second kappa shape index (κ2) is 3.88. The van der Waals surface area contributed by atoms with E-state index in [4.69, 9.17) is 5.11 Å². The number of carboxylic acids is 1. The van der Waals surface area contributed by atoms with Crippen molar-refractivity contribution in [1.82, 2.24) is 5.32 Å². The molecule has 1 saturated heterocycles. The van der Waals surface area contributed by atoms with E-state index in [1.807, 2.05) is 0 Å². The molecule has 0 aromatic rings. The van der Waals surface area contributed by atoms with Crippen LogP contribution in [0.4, 0.5) is 4.39 Å². The van der Waals surface area contributed by atoms with Gasteiger partial charge in [0.15, 0.2) is 0 Å². The number of aliphatic carboxylic acids is 1. The number of hydrogen-bond acceptors (Lipinski definition) is 2. The van der Waals surface area contributed by atoms with Crippen LogP contribution in [-0.4, -0.2) is 29.8 Å². The number of nitrogens with one attached hydrogen (secondary N) is 1. The maximum Gasteiger partial charge on any atom is 0.320 e. The lowest BCUT2D eigenvalue weighted by Gasteiger charge is -1.99. The van der Waals surface area contributed by atoms with Gasteiger partial charge in [-0.2, -0.15) is 0 Å². The van der Waals surface area contributed by atoms with Crippen LogP contribution in [0.15, 0.2) is 0 Å². The molecule has 0 aliphatic carbocycles. The number of rotatable bonds is 1. The van der Waals surface area contributed by atoms with Crippen molar-refractivity contribution in [2.24, 2.45) is 0 Å². The molecule has 0 amide bonds. The van der Waals surface area contributed by atoms with E-state index < -0.39 is 18.2 Å². The summed E-state index contributed by atoms with van der Waals surface area (Å²) in [5.74, 6) is -0.963. The van der Waals surface area contributed by atoms with Gasteiger partial charge >= 0.3 is 5.97 Å². The SMILES string of the molecule is Br.O=C(O)[C@@H]1CC(F)CN1. The first-order valence-corrected chi connectivity index (χ1v) is 2.80. The minimum atomic E-state index is -0.980. The molecule has 0 saturated carbocycles. The molecule has 1 aliphatic heterocycles. The minimum absolute atomic E-state index is 0. The highest BCUT2D eigenvalue weighted by molar-refractivity contribution is 8.93. The van der Waals surface area contributed by atoms with Crippen LogP contribution >= 0.6 is 17.0 Å². The summed E-state index contributed by atoms with van der Waals surface area (Å²) >= 11 is 0. The average Bonchev–Trinajstić information content (AvgIpc) is 2.14. The fourth-order valence-corrected chi connectivity index (χ4v) is 0.881. The van der Waals surface area contributed by atoms with Crippen LogP contribution in [0.25, 0.3) is 0 Å². The molecule has 1 rings (SSSR count). The largest absolute Gasteiger partial charge is 0.480 e. The highest BCUT2D eigenvalue weighted by Crippen LogP contribution is 2.09. The van der Waals surface area contributed by atoms with Gasteiger partial charge in [-0.25, -0.2) is 4.39 Å². The predicted octanol–water partition coefficient (Wildman–Crippen LogP) is 0.349. The molecule has 5 heteroatoms. The zero-order chi connectivity index (χ0) is 6.85.